The lowest BCUT2D eigenvalue weighted by Crippen LogP contribution is -2.48. The van der Waals surface area contributed by atoms with Crippen molar-refractivity contribution in [1.82, 2.24) is 25.0 Å². The molecule has 0 radical (unpaired) electrons. The van der Waals surface area contributed by atoms with Crippen LogP contribution in [0.2, 0.25) is 0 Å². The molecule has 31 heavy (non-hydrogen) atoms. The van der Waals surface area contributed by atoms with E-state index in [0.29, 0.717) is 13.2 Å². The number of ether oxygens (including phenoxy) is 1. The number of rotatable bonds is 5. The van der Waals surface area contributed by atoms with Crippen molar-refractivity contribution in [2.24, 2.45) is 12.0 Å². The van der Waals surface area contributed by atoms with Crippen LogP contribution in [-0.4, -0.2) is 66.0 Å². The molecule has 1 saturated heterocycles. The van der Waals surface area contributed by atoms with Crippen molar-refractivity contribution in [2.75, 3.05) is 45.2 Å². The molecule has 8 nitrogen and oxygen atoms in total. The van der Waals surface area contributed by atoms with Crippen molar-refractivity contribution in [2.45, 2.75) is 19.6 Å². The lowest BCUT2D eigenvalue weighted by molar-refractivity contribution is -0.00805. The van der Waals surface area contributed by atoms with Gasteiger partial charge in [-0.2, -0.15) is 5.10 Å². The number of anilines is 1. The monoisotopic (exact) mass is 421 g/mol. The summed E-state index contributed by atoms with van der Waals surface area (Å²) in [5.41, 5.74) is 3.26. The van der Waals surface area contributed by atoms with Crippen molar-refractivity contribution in [3.8, 4) is 0 Å². The normalized spacial score (nSPS) is 17.2. The first kappa shape index (κ1) is 21.1. The van der Waals surface area contributed by atoms with E-state index in [1.54, 1.807) is 0 Å². The van der Waals surface area contributed by atoms with Crippen LogP contribution < -0.4 is 10.2 Å². The Hall–Kier alpha value is -3.13. The fourth-order valence-corrected chi connectivity index (χ4v) is 3.83. The van der Waals surface area contributed by atoms with Crippen molar-refractivity contribution in [3.63, 3.8) is 0 Å². The Kier molecular flexibility index (Phi) is 6.36. The largest absolute Gasteiger partial charge is 0.370 e. The highest BCUT2D eigenvalue weighted by Crippen LogP contribution is 2.24. The number of nitrogens with one attached hydrogen (secondary N) is 1. The second-order valence-corrected chi connectivity index (χ2v) is 7.97. The molecule has 1 N–H and O–H groups in total. The van der Waals surface area contributed by atoms with Gasteiger partial charge in [-0.05, 0) is 24.6 Å². The first-order valence-electron chi connectivity index (χ1n) is 10.7. The molecular weight excluding hydrogens is 390 g/mol. The molecule has 1 fully saturated rings. The molecule has 3 heterocycles. The van der Waals surface area contributed by atoms with E-state index in [9.17, 15) is 0 Å². The van der Waals surface area contributed by atoms with Gasteiger partial charge >= 0.3 is 0 Å². The van der Waals surface area contributed by atoms with E-state index < -0.39 is 0 Å². The van der Waals surface area contributed by atoms with Gasteiger partial charge < -0.3 is 19.9 Å². The molecule has 0 bridgehead atoms. The zero-order valence-electron chi connectivity index (χ0n) is 18.7. The zero-order chi connectivity index (χ0) is 21.8. The first-order chi connectivity index (χ1) is 15.0. The summed E-state index contributed by atoms with van der Waals surface area (Å²) in [6.45, 7) is 5.71. The van der Waals surface area contributed by atoms with E-state index in [0.717, 1.165) is 47.9 Å². The van der Waals surface area contributed by atoms with Crippen LogP contribution >= 0.6 is 0 Å². The molecular formula is C23H31N7O. The molecule has 4 rings (SSSR count). The number of aliphatic imine (C=N–C) groups is 1. The number of guanidine groups is 1. The fourth-order valence-electron chi connectivity index (χ4n) is 3.83. The number of fused-ring (bicyclic) bond motifs is 1. The highest BCUT2D eigenvalue weighted by atomic mass is 16.5. The molecule has 1 unspecified atom stereocenters. The molecule has 1 aromatic carbocycles. The number of aromatic nitrogens is 3. The summed E-state index contributed by atoms with van der Waals surface area (Å²) >= 11 is 0. The second-order valence-electron chi connectivity index (χ2n) is 7.97. The SMILES string of the molecule is CCNC(=NCc1cc(N(C)C)nc2ccccc12)N1CCOC(c2cnn(C)c2)C1. The Morgan fingerprint density at radius 1 is 1.32 bits per heavy atom. The molecule has 3 aromatic rings. The number of pyridine rings is 1. The predicted molar refractivity (Wildman–Crippen MR) is 124 cm³/mol. The summed E-state index contributed by atoms with van der Waals surface area (Å²) in [5.74, 6) is 1.85. The maximum atomic E-state index is 6.01. The summed E-state index contributed by atoms with van der Waals surface area (Å²) in [6, 6.07) is 10.4. The van der Waals surface area contributed by atoms with E-state index in [2.05, 4.69) is 46.5 Å². The van der Waals surface area contributed by atoms with Crippen LogP contribution in [0.3, 0.4) is 0 Å². The molecule has 164 valence electrons. The number of hydrogen-bond donors (Lipinski definition) is 1. The second kappa shape index (κ2) is 9.34. The van der Waals surface area contributed by atoms with Crippen LogP contribution in [0.4, 0.5) is 5.82 Å². The lowest BCUT2D eigenvalue weighted by Gasteiger charge is -2.34. The van der Waals surface area contributed by atoms with E-state index >= 15 is 0 Å². The molecule has 0 aliphatic carbocycles. The smallest absolute Gasteiger partial charge is 0.194 e. The third-order valence-electron chi connectivity index (χ3n) is 5.44. The van der Waals surface area contributed by atoms with Crippen LogP contribution in [0, 0.1) is 0 Å². The van der Waals surface area contributed by atoms with Gasteiger partial charge in [0, 0.05) is 51.4 Å². The highest BCUT2D eigenvalue weighted by molar-refractivity contribution is 5.85. The van der Waals surface area contributed by atoms with Crippen molar-refractivity contribution in [1.29, 1.82) is 0 Å². The van der Waals surface area contributed by atoms with Crippen molar-refractivity contribution in [3.05, 3.63) is 53.9 Å². The van der Waals surface area contributed by atoms with Crippen LogP contribution in [0.15, 0.2) is 47.7 Å². The average Bonchev–Trinajstić information content (AvgIpc) is 3.22. The Morgan fingerprint density at radius 2 is 2.16 bits per heavy atom. The average molecular weight is 422 g/mol. The van der Waals surface area contributed by atoms with E-state index in [1.165, 1.54) is 5.56 Å². The van der Waals surface area contributed by atoms with Crippen molar-refractivity contribution >= 4 is 22.7 Å². The molecule has 0 saturated carbocycles. The summed E-state index contributed by atoms with van der Waals surface area (Å²) in [6.07, 6.45) is 3.89. The van der Waals surface area contributed by atoms with Crippen LogP contribution in [0.25, 0.3) is 10.9 Å². The number of aryl methyl sites for hydroxylation is 1. The lowest BCUT2D eigenvalue weighted by atomic mass is 10.1. The minimum atomic E-state index is -0.00611. The van der Waals surface area contributed by atoms with Gasteiger partial charge in [-0.25, -0.2) is 9.98 Å². The maximum absolute atomic E-state index is 6.01. The summed E-state index contributed by atoms with van der Waals surface area (Å²) in [4.78, 5) is 14.1. The van der Waals surface area contributed by atoms with Gasteiger partial charge in [0.25, 0.3) is 0 Å². The standard InChI is InChI=1S/C23H31N7O/c1-5-24-23(30-10-11-31-21(16-30)18-14-26-29(4)15-18)25-13-17-12-22(28(2)3)27-20-9-7-6-8-19(17)20/h6-9,12,14-15,21H,5,10-11,13,16H2,1-4H3,(H,24,25). The van der Waals surface area contributed by atoms with Gasteiger partial charge in [-0.15, -0.1) is 0 Å². The number of para-hydroxylation sites is 1. The van der Waals surface area contributed by atoms with Gasteiger partial charge in [-0.3, -0.25) is 4.68 Å². The Labute approximate surface area is 183 Å². The highest BCUT2D eigenvalue weighted by Gasteiger charge is 2.25. The Balaban J connectivity index is 1.59. The quantitative estimate of drug-likeness (QED) is 0.504. The van der Waals surface area contributed by atoms with Crippen LogP contribution in [-0.2, 0) is 18.3 Å². The summed E-state index contributed by atoms with van der Waals surface area (Å²) in [7, 11) is 5.96. The number of hydrogen-bond acceptors (Lipinski definition) is 5. The van der Waals surface area contributed by atoms with Gasteiger partial charge in [0.1, 0.15) is 11.9 Å². The van der Waals surface area contributed by atoms with Gasteiger partial charge in [0.15, 0.2) is 5.96 Å². The van der Waals surface area contributed by atoms with E-state index in [4.69, 9.17) is 14.7 Å². The first-order valence-corrected chi connectivity index (χ1v) is 10.7. The Morgan fingerprint density at radius 3 is 2.90 bits per heavy atom. The molecule has 1 aliphatic rings. The maximum Gasteiger partial charge on any atom is 0.194 e. The third-order valence-corrected chi connectivity index (χ3v) is 5.44. The fraction of sp³-hybridized carbons (Fsp3) is 0.435. The molecule has 1 atom stereocenters. The number of benzene rings is 1. The molecule has 0 spiro atoms. The zero-order valence-corrected chi connectivity index (χ0v) is 18.7. The van der Waals surface area contributed by atoms with Crippen LogP contribution in [0.1, 0.15) is 24.2 Å². The molecule has 8 heteroatoms. The molecule has 2 aromatic heterocycles. The minimum Gasteiger partial charge on any atom is -0.370 e. The minimum absolute atomic E-state index is 0.00611. The summed E-state index contributed by atoms with van der Waals surface area (Å²) < 4.78 is 7.82. The van der Waals surface area contributed by atoms with E-state index in [1.807, 2.05) is 49.2 Å². The Bertz CT molecular complexity index is 1060. The van der Waals surface area contributed by atoms with Crippen molar-refractivity contribution < 1.29 is 4.74 Å². The predicted octanol–water partition coefficient (Wildman–Crippen LogP) is 2.57. The number of nitrogens with zero attached hydrogens (tertiary/aromatic N) is 6. The van der Waals surface area contributed by atoms with Crippen LogP contribution in [0.5, 0.6) is 0 Å². The topological polar surface area (TPSA) is 70.8 Å². The molecule has 0 amide bonds. The summed E-state index contributed by atoms with van der Waals surface area (Å²) in [5, 5.41) is 8.89. The van der Waals surface area contributed by atoms with E-state index in [-0.39, 0.29) is 6.10 Å². The van der Waals surface area contributed by atoms with Gasteiger partial charge in [0.2, 0.25) is 0 Å². The van der Waals surface area contributed by atoms with Gasteiger partial charge in [-0.1, -0.05) is 18.2 Å². The molecule has 1 aliphatic heterocycles. The third kappa shape index (κ3) is 4.80. The number of morpholine rings is 1. The van der Waals surface area contributed by atoms with Gasteiger partial charge in [0.05, 0.1) is 31.4 Å².